The van der Waals surface area contributed by atoms with E-state index >= 15 is 0 Å². The first-order chi connectivity index (χ1) is 6.33. The number of fused-ring (bicyclic) bond motifs is 1. The zero-order chi connectivity index (χ0) is 9.26. The lowest BCUT2D eigenvalue weighted by molar-refractivity contribution is 0.773. The quantitative estimate of drug-likeness (QED) is 0.736. The molecule has 0 spiro atoms. The molecule has 0 saturated carbocycles. The van der Waals surface area contributed by atoms with Crippen LogP contribution in [0.1, 0.15) is 18.4 Å². The smallest absolute Gasteiger partial charge is 0.164 e. The molecule has 0 aliphatic carbocycles. The summed E-state index contributed by atoms with van der Waals surface area (Å²) in [4.78, 5) is 0. The summed E-state index contributed by atoms with van der Waals surface area (Å²) in [5.41, 5.74) is 7.66. The Balaban J connectivity index is 2.60. The van der Waals surface area contributed by atoms with E-state index in [1.807, 2.05) is 22.7 Å². The molecule has 4 heteroatoms. The molecule has 2 rings (SSSR count). The fourth-order valence-electron chi connectivity index (χ4n) is 1.38. The standard InChI is InChI=1S/C9H12N4/c1-7(5-10)8-3-2-4-13-6-11-12-9(8)13/h2-4,6-7H,5,10H2,1H3. The Morgan fingerprint density at radius 1 is 1.62 bits per heavy atom. The van der Waals surface area contributed by atoms with E-state index in [2.05, 4.69) is 17.1 Å². The Morgan fingerprint density at radius 3 is 3.23 bits per heavy atom. The summed E-state index contributed by atoms with van der Waals surface area (Å²) in [6.07, 6.45) is 3.63. The molecular formula is C9H12N4. The molecule has 0 aliphatic heterocycles. The zero-order valence-electron chi connectivity index (χ0n) is 7.51. The van der Waals surface area contributed by atoms with Crippen molar-refractivity contribution in [2.75, 3.05) is 6.54 Å². The van der Waals surface area contributed by atoms with Crippen LogP contribution in [0.4, 0.5) is 0 Å². The summed E-state index contributed by atoms with van der Waals surface area (Å²) < 4.78 is 1.90. The predicted octanol–water partition coefficient (Wildman–Crippen LogP) is 0.792. The van der Waals surface area contributed by atoms with Crippen LogP contribution in [0.2, 0.25) is 0 Å². The van der Waals surface area contributed by atoms with Gasteiger partial charge in [-0.05, 0) is 18.5 Å². The minimum Gasteiger partial charge on any atom is -0.330 e. The largest absolute Gasteiger partial charge is 0.330 e. The number of pyridine rings is 1. The van der Waals surface area contributed by atoms with Crippen molar-refractivity contribution in [3.8, 4) is 0 Å². The average Bonchev–Trinajstić information content (AvgIpc) is 2.63. The van der Waals surface area contributed by atoms with Gasteiger partial charge in [-0.3, -0.25) is 4.40 Å². The molecule has 0 bridgehead atoms. The highest BCUT2D eigenvalue weighted by molar-refractivity contribution is 5.48. The molecule has 68 valence electrons. The lowest BCUT2D eigenvalue weighted by Crippen LogP contribution is -2.10. The van der Waals surface area contributed by atoms with Gasteiger partial charge < -0.3 is 5.73 Å². The van der Waals surface area contributed by atoms with E-state index in [1.54, 1.807) is 6.33 Å². The van der Waals surface area contributed by atoms with Gasteiger partial charge in [-0.15, -0.1) is 10.2 Å². The molecule has 0 fully saturated rings. The van der Waals surface area contributed by atoms with E-state index in [1.165, 1.54) is 0 Å². The number of hydrogen-bond donors (Lipinski definition) is 1. The highest BCUT2D eigenvalue weighted by Gasteiger charge is 2.08. The van der Waals surface area contributed by atoms with E-state index in [9.17, 15) is 0 Å². The van der Waals surface area contributed by atoms with Crippen molar-refractivity contribution in [2.45, 2.75) is 12.8 Å². The van der Waals surface area contributed by atoms with Crippen LogP contribution < -0.4 is 5.73 Å². The summed E-state index contributed by atoms with van der Waals surface area (Å²) in [5.74, 6) is 0.327. The van der Waals surface area contributed by atoms with Crippen LogP contribution in [-0.4, -0.2) is 21.1 Å². The molecule has 1 unspecified atom stereocenters. The minimum absolute atomic E-state index is 0.327. The highest BCUT2D eigenvalue weighted by Crippen LogP contribution is 2.17. The predicted molar refractivity (Wildman–Crippen MR) is 50.5 cm³/mol. The molecule has 2 aromatic heterocycles. The summed E-state index contributed by atoms with van der Waals surface area (Å²) in [5, 5.41) is 7.90. The number of nitrogens with two attached hydrogens (primary N) is 1. The molecule has 1 atom stereocenters. The van der Waals surface area contributed by atoms with E-state index in [4.69, 9.17) is 5.73 Å². The van der Waals surface area contributed by atoms with Crippen LogP contribution in [0.15, 0.2) is 24.7 Å². The first-order valence-corrected chi connectivity index (χ1v) is 4.31. The van der Waals surface area contributed by atoms with Gasteiger partial charge in [0, 0.05) is 11.8 Å². The lowest BCUT2D eigenvalue weighted by atomic mass is 10.0. The fourth-order valence-corrected chi connectivity index (χ4v) is 1.38. The highest BCUT2D eigenvalue weighted by atomic mass is 15.2. The average molecular weight is 176 g/mol. The molecule has 0 aliphatic rings. The van der Waals surface area contributed by atoms with E-state index < -0.39 is 0 Å². The van der Waals surface area contributed by atoms with Gasteiger partial charge in [-0.2, -0.15) is 0 Å². The van der Waals surface area contributed by atoms with Gasteiger partial charge >= 0.3 is 0 Å². The maximum absolute atomic E-state index is 5.61. The molecule has 2 heterocycles. The van der Waals surface area contributed by atoms with Gasteiger partial charge in [-0.25, -0.2) is 0 Å². The minimum atomic E-state index is 0.327. The summed E-state index contributed by atoms with van der Waals surface area (Å²) in [7, 11) is 0. The summed E-state index contributed by atoms with van der Waals surface area (Å²) in [6.45, 7) is 2.72. The molecule has 2 aromatic rings. The van der Waals surface area contributed by atoms with E-state index in [0.29, 0.717) is 12.5 Å². The Hall–Kier alpha value is -1.42. The molecule has 4 nitrogen and oxygen atoms in total. The van der Waals surface area contributed by atoms with Gasteiger partial charge in [0.1, 0.15) is 6.33 Å². The molecular weight excluding hydrogens is 164 g/mol. The number of rotatable bonds is 2. The van der Waals surface area contributed by atoms with Gasteiger partial charge in [0.05, 0.1) is 0 Å². The summed E-state index contributed by atoms with van der Waals surface area (Å²) in [6, 6.07) is 4.03. The van der Waals surface area contributed by atoms with Crippen molar-refractivity contribution in [3.05, 3.63) is 30.2 Å². The van der Waals surface area contributed by atoms with Crippen molar-refractivity contribution < 1.29 is 0 Å². The van der Waals surface area contributed by atoms with Crippen LogP contribution in [-0.2, 0) is 0 Å². The SMILES string of the molecule is CC(CN)c1cccn2cnnc12. The van der Waals surface area contributed by atoms with Gasteiger partial charge in [0.15, 0.2) is 5.65 Å². The third-order valence-corrected chi connectivity index (χ3v) is 2.24. The maximum Gasteiger partial charge on any atom is 0.164 e. The zero-order valence-corrected chi connectivity index (χ0v) is 7.51. The van der Waals surface area contributed by atoms with E-state index in [0.717, 1.165) is 11.2 Å². The van der Waals surface area contributed by atoms with Crippen LogP contribution >= 0.6 is 0 Å². The molecule has 0 aromatic carbocycles. The van der Waals surface area contributed by atoms with Crippen molar-refractivity contribution in [2.24, 2.45) is 5.73 Å². The van der Waals surface area contributed by atoms with Gasteiger partial charge in [0.25, 0.3) is 0 Å². The van der Waals surface area contributed by atoms with Crippen LogP contribution in [0.3, 0.4) is 0 Å². The van der Waals surface area contributed by atoms with Crippen molar-refractivity contribution in [1.82, 2.24) is 14.6 Å². The maximum atomic E-state index is 5.61. The molecule has 2 N–H and O–H groups in total. The third-order valence-electron chi connectivity index (χ3n) is 2.24. The summed E-state index contributed by atoms with van der Waals surface area (Å²) >= 11 is 0. The Labute approximate surface area is 76.4 Å². The van der Waals surface area contributed by atoms with Crippen LogP contribution in [0, 0.1) is 0 Å². The first-order valence-electron chi connectivity index (χ1n) is 4.31. The van der Waals surface area contributed by atoms with Gasteiger partial charge in [0.2, 0.25) is 0 Å². The molecule has 0 saturated heterocycles. The number of hydrogen-bond acceptors (Lipinski definition) is 3. The van der Waals surface area contributed by atoms with Crippen LogP contribution in [0.5, 0.6) is 0 Å². The Kier molecular flexibility index (Phi) is 1.98. The number of aromatic nitrogens is 3. The molecule has 13 heavy (non-hydrogen) atoms. The van der Waals surface area contributed by atoms with Crippen LogP contribution in [0.25, 0.3) is 5.65 Å². The second-order valence-corrected chi connectivity index (χ2v) is 3.16. The second kappa shape index (κ2) is 3.14. The fraction of sp³-hybridized carbons (Fsp3) is 0.333. The van der Waals surface area contributed by atoms with Crippen molar-refractivity contribution in [3.63, 3.8) is 0 Å². The Morgan fingerprint density at radius 2 is 2.46 bits per heavy atom. The molecule has 0 amide bonds. The normalized spacial score (nSPS) is 13.4. The molecule has 0 radical (unpaired) electrons. The van der Waals surface area contributed by atoms with Crippen molar-refractivity contribution >= 4 is 5.65 Å². The third kappa shape index (κ3) is 1.29. The van der Waals surface area contributed by atoms with Gasteiger partial charge in [-0.1, -0.05) is 13.0 Å². The van der Waals surface area contributed by atoms with E-state index in [-0.39, 0.29) is 0 Å². The topological polar surface area (TPSA) is 56.2 Å². The monoisotopic (exact) mass is 176 g/mol. The first kappa shape index (κ1) is 8.19. The Bertz CT molecular complexity index is 407. The second-order valence-electron chi connectivity index (χ2n) is 3.16. The van der Waals surface area contributed by atoms with Crippen molar-refractivity contribution in [1.29, 1.82) is 0 Å². The number of nitrogens with zero attached hydrogens (tertiary/aromatic N) is 3. The lowest BCUT2D eigenvalue weighted by Gasteiger charge is -2.08.